The Morgan fingerprint density at radius 3 is 1.50 bits per heavy atom. The van der Waals surface area contributed by atoms with Crippen LogP contribution in [0.25, 0.3) is 21.5 Å². The van der Waals surface area contributed by atoms with E-state index in [4.69, 9.17) is 0 Å². The number of aryl methyl sites for hydroxylation is 2. The molecule has 0 radical (unpaired) electrons. The van der Waals surface area contributed by atoms with Gasteiger partial charge < -0.3 is 8.75 Å². The Morgan fingerprint density at radius 1 is 0.545 bits per heavy atom. The Balaban J connectivity index is 0.000000182. The second kappa shape index (κ2) is 12.3. The van der Waals surface area contributed by atoms with E-state index >= 15 is 0 Å². The molecule has 0 aliphatic carbocycles. The second-order valence-corrected chi connectivity index (χ2v) is 14.6. The highest BCUT2D eigenvalue weighted by atomic mass is 32.2. The fraction of sp³-hybridized carbons (Fsp3) is 0.0857. The van der Waals surface area contributed by atoms with Crippen LogP contribution in [0.5, 0.6) is 5.75 Å². The number of hydrogen-bond donors (Lipinski definition) is 0. The van der Waals surface area contributed by atoms with E-state index in [-0.39, 0.29) is 5.75 Å². The fourth-order valence-corrected chi connectivity index (χ4v) is 7.98. The van der Waals surface area contributed by atoms with Crippen LogP contribution in [0.15, 0.2) is 133 Å². The van der Waals surface area contributed by atoms with Crippen molar-refractivity contribution in [2.75, 3.05) is 0 Å². The van der Waals surface area contributed by atoms with E-state index in [0.717, 1.165) is 32.2 Å². The molecule has 0 saturated heterocycles. The summed E-state index contributed by atoms with van der Waals surface area (Å²) in [4.78, 5) is 0. The minimum absolute atomic E-state index is 0.365. The zero-order valence-electron chi connectivity index (χ0n) is 23.8. The standard InChI is InChI=1S/C23H19OP.C12H9F3O3S/c1-18-12-13-19-14-15-23(17-20(19)16-18)25(24,21-8-4-2-5-9-21)22-10-6-3-7-11-22;1-8-2-3-9-4-5-11(7-10(9)6-8)18-19(16,17)12(13,14)15/h2-17H,1H3;2-7H,1H3. The Bertz CT molecular complexity index is 2050. The molecular weight excluding hydrogens is 604 g/mol. The molecule has 6 aromatic rings. The van der Waals surface area contributed by atoms with Crippen LogP contribution < -0.4 is 20.1 Å². The third-order valence-electron chi connectivity index (χ3n) is 7.04. The average Bonchev–Trinajstić information content (AvgIpc) is 3.00. The summed E-state index contributed by atoms with van der Waals surface area (Å²) in [6, 6.07) is 41.4. The van der Waals surface area contributed by atoms with Crippen molar-refractivity contribution in [3.05, 3.63) is 145 Å². The quantitative estimate of drug-likeness (QED) is 0.109. The molecular formula is C35H28F3O4PS. The molecule has 6 aromatic carbocycles. The maximum absolute atomic E-state index is 14.3. The normalized spacial score (nSPS) is 12.0. The van der Waals surface area contributed by atoms with Crippen molar-refractivity contribution in [3.63, 3.8) is 0 Å². The molecule has 0 heterocycles. The minimum atomic E-state index is -5.63. The molecule has 0 aliphatic rings. The highest BCUT2D eigenvalue weighted by molar-refractivity contribution is 7.88. The van der Waals surface area contributed by atoms with E-state index in [1.165, 1.54) is 29.1 Å². The lowest BCUT2D eigenvalue weighted by molar-refractivity contribution is -0.0500. The van der Waals surface area contributed by atoms with Gasteiger partial charge in [0.05, 0.1) is 0 Å². The van der Waals surface area contributed by atoms with Crippen molar-refractivity contribution >= 4 is 54.7 Å². The Morgan fingerprint density at radius 2 is 1.00 bits per heavy atom. The summed E-state index contributed by atoms with van der Waals surface area (Å²) in [5, 5.41) is 6.30. The largest absolute Gasteiger partial charge is 0.534 e. The zero-order valence-corrected chi connectivity index (χ0v) is 25.5. The van der Waals surface area contributed by atoms with Gasteiger partial charge in [0.2, 0.25) is 0 Å². The first-order valence-corrected chi connectivity index (χ1v) is 16.7. The number of hydrogen-bond acceptors (Lipinski definition) is 4. The van der Waals surface area contributed by atoms with Gasteiger partial charge in [0.1, 0.15) is 5.75 Å². The van der Waals surface area contributed by atoms with Crippen LogP contribution in [-0.4, -0.2) is 13.9 Å². The van der Waals surface area contributed by atoms with Crippen LogP contribution in [0, 0.1) is 13.8 Å². The second-order valence-electron chi connectivity index (χ2n) is 10.3. The Hall–Kier alpha value is -4.39. The van der Waals surface area contributed by atoms with Gasteiger partial charge in [0, 0.05) is 15.9 Å². The summed E-state index contributed by atoms with van der Waals surface area (Å²) in [6.07, 6.45) is 0. The van der Waals surface area contributed by atoms with Crippen molar-refractivity contribution in [2.24, 2.45) is 0 Å². The lowest BCUT2D eigenvalue weighted by atomic mass is 10.1. The van der Waals surface area contributed by atoms with Gasteiger partial charge in [-0.2, -0.15) is 21.6 Å². The van der Waals surface area contributed by atoms with Crippen molar-refractivity contribution in [1.29, 1.82) is 0 Å². The fourth-order valence-electron chi connectivity index (χ4n) is 4.84. The smallest absolute Gasteiger partial charge is 0.376 e. The summed E-state index contributed by atoms with van der Waals surface area (Å²) in [6.45, 7) is 3.90. The van der Waals surface area contributed by atoms with Crippen molar-refractivity contribution in [2.45, 2.75) is 19.4 Å². The highest BCUT2D eigenvalue weighted by Gasteiger charge is 2.48. The summed E-state index contributed by atoms with van der Waals surface area (Å²) in [7, 11) is -8.53. The third-order valence-corrected chi connectivity index (χ3v) is 11.1. The first kappa shape index (κ1) is 31.0. The average molecular weight is 633 g/mol. The van der Waals surface area contributed by atoms with Gasteiger partial charge in [-0.05, 0) is 53.6 Å². The van der Waals surface area contributed by atoms with Gasteiger partial charge >= 0.3 is 15.6 Å². The van der Waals surface area contributed by atoms with Crippen LogP contribution >= 0.6 is 7.14 Å². The van der Waals surface area contributed by atoms with E-state index in [2.05, 4.69) is 41.4 Å². The van der Waals surface area contributed by atoms with Gasteiger partial charge in [0.15, 0.2) is 7.14 Å². The predicted molar refractivity (Wildman–Crippen MR) is 172 cm³/mol. The molecule has 0 atom stereocenters. The lowest BCUT2D eigenvalue weighted by Crippen LogP contribution is -2.28. The van der Waals surface area contributed by atoms with Gasteiger partial charge in [0.25, 0.3) is 0 Å². The van der Waals surface area contributed by atoms with Crippen LogP contribution in [0.3, 0.4) is 0 Å². The van der Waals surface area contributed by atoms with Gasteiger partial charge in [-0.15, -0.1) is 0 Å². The first-order valence-electron chi connectivity index (χ1n) is 13.6. The number of halogens is 3. The maximum atomic E-state index is 14.3. The van der Waals surface area contributed by atoms with Crippen LogP contribution in [-0.2, 0) is 14.7 Å². The van der Waals surface area contributed by atoms with Gasteiger partial charge in [-0.1, -0.05) is 126 Å². The summed E-state index contributed by atoms with van der Waals surface area (Å²) < 4.78 is 76.7. The van der Waals surface area contributed by atoms with E-state index in [0.29, 0.717) is 5.39 Å². The first-order chi connectivity index (χ1) is 20.9. The Kier molecular flexibility index (Phi) is 8.69. The Labute approximate surface area is 254 Å². The number of benzene rings is 6. The molecule has 9 heteroatoms. The number of fused-ring (bicyclic) bond motifs is 2. The van der Waals surface area contributed by atoms with Crippen LogP contribution in [0.1, 0.15) is 11.1 Å². The van der Waals surface area contributed by atoms with E-state index in [1.807, 2.05) is 79.7 Å². The van der Waals surface area contributed by atoms with Crippen molar-refractivity contribution in [1.82, 2.24) is 0 Å². The predicted octanol–water partition coefficient (Wildman–Crippen LogP) is 8.16. The molecule has 4 nitrogen and oxygen atoms in total. The van der Waals surface area contributed by atoms with E-state index in [1.54, 1.807) is 12.1 Å². The van der Waals surface area contributed by atoms with E-state index in [9.17, 15) is 26.2 Å². The summed E-state index contributed by atoms with van der Waals surface area (Å²) in [5.74, 6) is -0.365. The minimum Gasteiger partial charge on any atom is -0.376 e. The summed E-state index contributed by atoms with van der Waals surface area (Å²) >= 11 is 0. The topological polar surface area (TPSA) is 60.4 Å². The van der Waals surface area contributed by atoms with Crippen LogP contribution in [0.2, 0.25) is 0 Å². The molecule has 0 unspecified atom stereocenters. The highest BCUT2D eigenvalue weighted by Crippen LogP contribution is 2.42. The van der Waals surface area contributed by atoms with Gasteiger partial charge in [-0.25, -0.2) is 0 Å². The third kappa shape index (κ3) is 6.57. The molecule has 0 fully saturated rings. The maximum Gasteiger partial charge on any atom is 0.534 e. The van der Waals surface area contributed by atoms with Crippen LogP contribution in [0.4, 0.5) is 13.2 Å². The molecule has 0 aliphatic heterocycles. The molecule has 0 bridgehead atoms. The SMILES string of the molecule is Cc1ccc2ccc(OS(=O)(=O)C(F)(F)F)cc2c1.Cc1ccc2ccc(P(=O)(c3ccccc3)c3ccccc3)cc2c1. The zero-order chi connectivity index (χ0) is 31.5. The lowest BCUT2D eigenvalue weighted by Gasteiger charge is -2.20. The number of rotatable bonds is 5. The van der Waals surface area contributed by atoms with Gasteiger partial charge in [-0.3, -0.25) is 0 Å². The molecule has 0 spiro atoms. The number of alkyl halides is 3. The molecule has 0 saturated carbocycles. The van der Waals surface area contributed by atoms with Crippen molar-refractivity contribution in [3.8, 4) is 5.75 Å². The summed E-state index contributed by atoms with van der Waals surface area (Å²) in [5.41, 5.74) is -3.32. The van der Waals surface area contributed by atoms with Crippen molar-refractivity contribution < 1.29 is 30.3 Å². The monoisotopic (exact) mass is 632 g/mol. The molecule has 44 heavy (non-hydrogen) atoms. The molecule has 224 valence electrons. The van der Waals surface area contributed by atoms with E-state index < -0.39 is 22.8 Å². The molecule has 0 amide bonds. The molecule has 0 N–H and O–H groups in total. The molecule has 0 aromatic heterocycles. The molecule has 6 rings (SSSR count).